The van der Waals surface area contributed by atoms with Crippen molar-refractivity contribution in [2.24, 2.45) is 0 Å². The molecule has 0 aromatic rings. The predicted molar refractivity (Wildman–Crippen MR) is 67.4 cm³/mol. The van der Waals surface area contributed by atoms with Crippen LogP contribution in [0.5, 0.6) is 0 Å². The van der Waals surface area contributed by atoms with E-state index < -0.39 is 30.2 Å². The quantitative estimate of drug-likeness (QED) is 0.664. The number of amides is 3. The molecule has 8 nitrogen and oxygen atoms in total. The number of aliphatic carboxylic acids is 1. The lowest BCUT2D eigenvalue weighted by atomic mass is 10.2. The van der Waals surface area contributed by atoms with Gasteiger partial charge < -0.3 is 15.2 Å². The fourth-order valence-electron chi connectivity index (χ4n) is 1.05. The molecule has 3 N–H and O–H groups in total. The van der Waals surface area contributed by atoms with E-state index in [9.17, 15) is 14.4 Å². The normalized spacial score (nSPS) is 10.8. The van der Waals surface area contributed by atoms with E-state index >= 15 is 0 Å². The van der Waals surface area contributed by atoms with Gasteiger partial charge >= 0.3 is 18.1 Å². The molecular formula is C11H21N3O5. The molecule has 0 radical (unpaired) electrons. The number of urea groups is 1. The average molecular weight is 275 g/mol. The van der Waals surface area contributed by atoms with E-state index in [2.05, 4.69) is 10.7 Å². The Hall–Kier alpha value is -1.99. The Kier molecular flexibility index (Phi) is 6.10. The molecule has 3 amide bonds. The molecule has 0 atom stereocenters. The zero-order chi connectivity index (χ0) is 15.2. The maximum absolute atomic E-state index is 11.7. The first-order valence-electron chi connectivity index (χ1n) is 5.81. The first kappa shape index (κ1) is 17.0. The van der Waals surface area contributed by atoms with Crippen molar-refractivity contribution in [1.82, 2.24) is 15.8 Å². The van der Waals surface area contributed by atoms with E-state index in [-0.39, 0.29) is 6.04 Å². The minimum atomic E-state index is -1.17. The molecule has 110 valence electrons. The van der Waals surface area contributed by atoms with Gasteiger partial charge in [0, 0.05) is 6.04 Å². The zero-order valence-electron chi connectivity index (χ0n) is 11.8. The summed E-state index contributed by atoms with van der Waals surface area (Å²) in [5, 5.41) is 11.6. The van der Waals surface area contributed by atoms with Crippen LogP contribution in [-0.4, -0.2) is 46.4 Å². The van der Waals surface area contributed by atoms with Crippen LogP contribution in [0.15, 0.2) is 0 Å². The number of carboxylic acids is 1. The fourth-order valence-corrected chi connectivity index (χ4v) is 1.05. The number of carbonyl (C=O) groups is 3. The van der Waals surface area contributed by atoms with Crippen LogP contribution in [0.3, 0.4) is 0 Å². The Balaban J connectivity index is 4.53. The summed E-state index contributed by atoms with van der Waals surface area (Å²) in [7, 11) is 0. The van der Waals surface area contributed by atoms with Gasteiger partial charge in [-0.1, -0.05) is 0 Å². The van der Waals surface area contributed by atoms with Crippen molar-refractivity contribution in [3.8, 4) is 0 Å². The van der Waals surface area contributed by atoms with Crippen LogP contribution < -0.4 is 10.7 Å². The summed E-state index contributed by atoms with van der Waals surface area (Å²) in [4.78, 5) is 33.6. The number of ether oxygens (including phenoxy) is 1. The summed E-state index contributed by atoms with van der Waals surface area (Å²) in [5.41, 5.74) is 1.57. The first-order chi connectivity index (χ1) is 8.53. The van der Waals surface area contributed by atoms with Crippen LogP contribution in [0.25, 0.3) is 0 Å². The van der Waals surface area contributed by atoms with Gasteiger partial charge in [-0.2, -0.15) is 0 Å². The van der Waals surface area contributed by atoms with Gasteiger partial charge in [0.1, 0.15) is 12.1 Å². The molecule has 0 rings (SSSR count). The highest BCUT2D eigenvalue weighted by atomic mass is 16.6. The molecular weight excluding hydrogens is 254 g/mol. The lowest BCUT2D eigenvalue weighted by Crippen LogP contribution is -2.55. The van der Waals surface area contributed by atoms with Crippen LogP contribution in [-0.2, 0) is 9.53 Å². The Morgan fingerprint density at radius 3 is 2.16 bits per heavy atom. The molecule has 0 saturated carbocycles. The minimum absolute atomic E-state index is 0.360. The highest BCUT2D eigenvalue weighted by Crippen LogP contribution is 2.07. The van der Waals surface area contributed by atoms with E-state index in [0.717, 1.165) is 5.01 Å². The Morgan fingerprint density at radius 1 is 1.26 bits per heavy atom. The molecule has 0 aromatic heterocycles. The van der Waals surface area contributed by atoms with Crippen molar-refractivity contribution < 1.29 is 24.2 Å². The second-order valence-electron chi connectivity index (χ2n) is 5.13. The van der Waals surface area contributed by atoms with Crippen LogP contribution in [0.2, 0.25) is 0 Å². The Labute approximate surface area is 112 Å². The van der Waals surface area contributed by atoms with E-state index in [1.54, 1.807) is 34.6 Å². The van der Waals surface area contributed by atoms with E-state index in [1.807, 2.05) is 0 Å². The summed E-state index contributed by atoms with van der Waals surface area (Å²) in [6, 6.07) is -1.08. The SMILES string of the molecule is CC(C)N(NC(=O)OC(C)(C)C)C(=O)NCC(=O)O. The number of nitrogens with zero attached hydrogens (tertiary/aromatic N) is 1. The number of hydrogen-bond acceptors (Lipinski definition) is 4. The van der Waals surface area contributed by atoms with Gasteiger partial charge in [-0.15, -0.1) is 0 Å². The van der Waals surface area contributed by atoms with Gasteiger partial charge in [-0.3, -0.25) is 4.79 Å². The molecule has 0 fully saturated rings. The minimum Gasteiger partial charge on any atom is -0.480 e. The number of nitrogens with one attached hydrogen (secondary N) is 2. The Bertz CT molecular complexity index is 349. The molecule has 0 aliphatic heterocycles. The zero-order valence-corrected chi connectivity index (χ0v) is 11.8. The second-order valence-corrected chi connectivity index (χ2v) is 5.13. The monoisotopic (exact) mass is 275 g/mol. The fraction of sp³-hybridized carbons (Fsp3) is 0.727. The number of hydrazine groups is 1. The van der Waals surface area contributed by atoms with E-state index in [0.29, 0.717) is 0 Å². The van der Waals surface area contributed by atoms with E-state index in [4.69, 9.17) is 9.84 Å². The molecule has 0 aromatic carbocycles. The summed E-state index contributed by atoms with van der Waals surface area (Å²) in [6.45, 7) is 7.87. The van der Waals surface area contributed by atoms with Gasteiger partial charge in [0.15, 0.2) is 0 Å². The molecule has 19 heavy (non-hydrogen) atoms. The smallest absolute Gasteiger partial charge is 0.426 e. The molecule has 0 bridgehead atoms. The summed E-state index contributed by atoms with van der Waals surface area (Å²) >= 11 is 0. The van der Waals surface area contributed by atoms with Crippen molar-refractivity contribution >= 4 is 18.1 Å². The standard InChI is InChI=1S/C11H21N3O5/c1-7(2)14(9(17)12-6-8(15)16)13-10(18)19-11(3,4)5/h7H,6H2,1-5H3,(H,12,17)(H,13,18)(H,15,16). The third-order valence-electron chi connectivity index (χ3n) is 1.74. The highest BCUT2D eigenvalue weighted by molar-refractivity contribution is 5.81. The van der Waals surface area contributed by atoms with Gasteiger partial charge in [0.2, 0.25) is 0 Å². The lowest BCUT2D eigenvalue weighted by molar-refractivity contribution is -0.135. The van der Waals surface area contributed by atoms with Crippen molar-refractivity contribution in [1.29, 1.82) is 0 Å². The molecule has 0 aliphatic rings. The maximum Gasteiger partial charge on any atom is 0.426 e. The van der Waals surface area contributed by atoms with Crippen LogP contribution >= 0.6 is 0 Å². The van der Waals surface area contributed by atoms with Gasteiger partial charge in [-0.25, -0.2) is 20.0 Å². The summed E-state index contributed by atoms with van der Waals surface area (Å²) < 4.78 is 5.01. The topological polar surface area (TPSA) is 108 Å². The van der Waals surface area contributed by atoms with Crippen molar-refractivity contribution in [2.75, 3.05) is 6.54 Å². The predicted octanol–water partition coefficient (Wildman–Crippen LogP) is 0.931. The summed E-state index contributed by atoms with van der Waals surface area (Å²) in [6.07, 6.45) is -0.785. The Morgan fingerprint density at radius 2 is 1.79 bits per heavy atom. The van der Waals surface area contributed by atoms with Crippen molar-refractivity contribution in [2.45, 2.75) is 46.3 Å². The number of carboxylic acid groups (broad SMARTS) is 1. The van der Waals surface area contributed by atoms with Gasteiger partial charge in [0.05, 0.1) is 0 Å². The third-order valence-corrected chi connectivity index (χ3v) is 1.74. The first-order valence-corrected chi connectivity index (χ1v) is 5.81. The van der Waals surface area contributed by atoms with E-state index in [1.165, 1.54) is 0 Å². The van der Waals surface area contributed by atoms with Crippen LogP contribution in [0.4, 0.5) is 9.59 Å². The summed E-state index contributed by atoms with van der Waals surface area (Å²) in [5.74, 6) is -1.17. The molecule has 0 aliphatic carbocycles. The maximum atomic E-state index is 11.7. The lowest BCUT2D eigenvalue weighted by Gasteiger charge is -2.28. The molecule has 0 unspecified atom stereocenters. The molecule has 8 heteroatoms. The molecule has 0 heterocycles. The van der Waals surface area contributed by atoms with Crippen LogP contribution in [0, 0.1) is 0 Å². The van der Waals surface area contributed by atoms with Crippen LogP contribution in [0.1, 0.15) is 34.6 Å². The molecule has 0 saturated heterocycles. The molecule has 0 spiro atoms. The average Bonchev–Trinajstić information content (AvgIpc) is 2.19. The highest BCUT2D eigenvalue weighted by Gasteiger charge is 2.23. The second kappa shape index (κ2) is 6.81. The number of carbonyl (C=O) groups excluding carboxylic acids is 2. The van der Waals surface area contributed by atoms with Gasteiger partial charge in [0.25, 0.3) is 0 Å². The van der Waals surface area contributed by atoms with Crippen molar-refractivity contribution in [3.05, 3.63) is 0 Å². The largest absolute Gasteiger partial charge is 0.480 e. The third kappa shape index (κ3) is 7.85. The van der Waals surface area contributed by atoms with Crippen molar-refractivity contribution in [3.63, 3.8) is 0 Å². The number of rotatable bonds is 3. The van der Waals surface area contributed by atoms with Gasteiger partial charge in [-0.05, 0) is 34.6 Å². The number of hydrogen-bond donors (Lipinski definition) is 3.